The number of halogens is 4. The number of aliphatic carboxylic acids is 2. The van der Waals surface area contributed by atoms with Crippen molar-refractivity contribution < 1.29 is 57.9 Å². The number of aliphatic hydroxyl groups excluding tert-OH is 2. The van der Waals surface area contributed by atoms with Crippen LogP contribution in [0.3, 0.4) is 0 Å². The Bertz CT molecular complexity index is 2270. The highest BCUT2D eigenvalue weighted by atomic mass is 35.5. The van der Waals surface area contributed by atoms with Gasteiger partial charge in [0.1, 0.15) is 34.3 Å². The Morgan fingerprint density at radius 1 is 0.772 bits per heavy atom. The topological polar surface area (TPSA) is 198 Å². The fourth-order valence-corrected chi connectivity index (χ4v) is 7.19. The van der Waals surface area contributed by atoms with Gasteiger partial charge >= 0.3 is 11.9 Å². The van der Waals surface area contributed by atoms with Crippen LogP contribution in [-0.2, 0) is 19.2 Å². The highest BCUT2D eigenvalue weighted by Gasteiger charge is 2.34. The summed E-state index contributed by atoms with van der Waals surface area (Å²) < 4.78 is 43.2. The Labute approximate surface area is 336 Å². The van der Waals surface area contributed by atoms with Crippen LogP contribution in [0.15, 0.2) is 60.7 Å². The number of fused-ring (bicyclic) bond motifs is 2. The number of benzene rings is 4. The number of anilines is 2. The van der Waals surface area contributed by atoms with E-state index in [1.807, 2.05) is 0 Å². The third-order valence-corrected chi connectivity index (χ3v) is 10.8. The van der Waals surface area contributed by atoms with Gasteiger partial charge in [-0.15, -0.1) is 0 Å². The van der Waals surface area contributed by atoms with Gasteiger partial charge in [-0.05, 0) is 12.1 Å². The molecule has 57 heavy (non-hydrogen) atoms. The number of nitrogens with zero attached hydrogens (tertiary/aromatic N) is 2. The van der Waals surface area contributed by atoms with E-state index in [9.17, 15) is 39.6 Å². The van der Waals surface area contributed by atoms with Crippen LogP contribution in [0.4, 0.5) is 20.2 Å². The van der Waals surface area contributed by atoms with Gasteiger partial charge in [-0.2, -0.15) is 0 Å². The lowest BCUT2D eigenvalue weighted by atomic mass is 9.94. The van der Waals surface area contributed by atoms with Gasteiger partial charge in [0.2, 0.25) is 0 Å². The van der Waals surface area contributed by atoms with Crippen molar-refractivity contribution in [1.29, 1.82) is 0 Å². The molecular formula is C38H33Cl2F2N4O10Si. The van der Waals surface area contributed by atoms with Crippen LogP contribution in [-0.4, -0.2) is 118 Å². The summed E-state index contributed by atoms with van der Waals surface area (Å²) in [5.74, 6) is -4.79. The first-order valence-electron chi connectivity index (χ1n) is 17.2. The number of carboxylic acids is 2. The molecule has 3 radical (unpaired) electrons. The fourth-order valence-electron chi connectivity index (χ4n) is 6.40. The summed E-state index contributed by atoms with van der Waals surface area (Å²) in [7, 11) is 2.99. The SMILES string of the molecule is O=C(O)[C@H](CO)NCCN1C(=O)COc2cc(-c3cccc(-c4cccc(-c5cc6c(cc5F)N(CCN[C@]([Si])(CO)C(=O)O)C(=O)CO6)c4Cl)c3Cl)c(F)cc21. The minimum Gasteiger partial charge on any atom is -0.482 e. The van der Waals surface area contributed by atoms with Gasteiger partial charge in [0.05, 0.1) is 44.9 Å². The summed E-state index contributed by atoms with van der Waals surface area (Å²) in [6.45, 7) is -2.40. The number of rotatable bonds is 15. The van der Waals surface area contributed by atoms with E-state index < -0.39 is 59.8 Å². The number of carbonyl (C=O) groups is 4. The molecular weight excluding hydrogens is 809 g/mol. The molecule has 4 aromatic carbocycles. The Morgan fingerprint density at radius 3 is 1.61 bits per heavy atom. The summed E-state index contributed by atoms with van der Waals surface area (Å²) in [5, 5.41) is 40.9. The Balaban J connectivity index is 1.29. The van der Waals surface area contributed by atoms with Crippen LogP contribution in [0.5, 0.6) is 11.5 Å². The zero-order valence-corrected chi connectivity index (χ0v) is 32.2. The molecule has 0 saturated carbocycles. The highest BCUT2D eigenvalue weighted by Crippen LogP contribution is 2.46. The van der Waals surface area contributed by atoms with Gasteiger partial charge in [-0.1, -0.05) is 59.6 Å². The van der Waals surface area contributed by atoms with Crippen LogP contribution < -0.4 is 29.9 Å². The molecule has 19 heteroatoms. The summed E-state index contributed by atoms with van der Waals surface area (Å²) in [6, 6.07) is 13.5. The van der Waals surface area contributed by atoms with Gasteiger partial charge in [-0.25, -0.2) is 8.78 Å². The van der Waals surface area contributed by atoms with Gasteiger partial charge in [0.15, 0.2) is 13.2 Å². The molecule has 0 bridgehead atoms. The van der Waals surface area contributed by atoms with Crippen molar-refractivity contribution >= 4 is 68.6 Å². The first-order valence-corrected chi connectivity index (χ1v) is 18.5. The number of amides is 2. The van der Waals surface area contributed by atoms with Gasteiger partial charge in [0, 0.05) is 71.7 Å². The van der Waals surface area contributed by atoms with E-state index in [0.717, 1.165) is 12.1 Å². The van der Waals surface area contributed by atoms with E-state index in [-0.39, 0.29) is 94.6 Å². The Kier molecular flexibility index (Phi) is 12.5. The average Bonchev–Trinajstić information content (AvgIpc) is 3.18. The van der Waals surface area contributed by atoms with E-state index in [4.69, 9.17) is 32.7 Å². The number of hydrogen-bond acceptors (Lipinski definition) is 10. The highest BCUT2D eigenvalue weighted by molar-refractivity contribution is 6.39. The van der Waals surface area contributed by atoms with E-state index in [1.165, 1.54) is 21.9 Å². The summed E-state index contributed by atoms with van der Waals surface area (Å²) >= 11 is 13.9. The van der Waals surface area contributed by atoms with E-state index >= 15 is 8.78 Å². The summed E-state index contributed by atoms with van der Waals surface area (Å²) in [5.41, 5.74) is 1.56. The molecule has 2 aliphatic rings. The van der Waals surface area contributed by atoms with Crippen LogP contribution in [0.2, 0.25) is 10.0 Å². The number of nitrogens with one attached hydrogen (secondary N) is 2. The molecule has 2 atom stereocenters. The fraction of sp³-hybridized carbons (Fsp3) is 0.263. The molecule has 0 fully saturated rings. The van der Waals surface area contributed by atoms with E-state index in [2.05, 4.69) is 20.9 Å². The largest absolute Gasteiger partial charge is 0.482 e. The predicted molar refractivity (Wildman–Crippen MR) is 206 cm³/mol. The minimum atomic E-state index is -1.85. The van der Waals surface area contributed by atoms with Crippen molar-refractivity contribution in [2.75, 3.05) is 62.4 Å². The normalized spacial score (nSPS) is 15.3. The van der Waals surface area contributed by atoms with Crippen LogP contribution in [0.1, 0.15) is 0 Å². The molecule has 14 nitrogen and oxygen atoms in total. The number of hydrogen-bond donors (Lipinski definition) is 6. The molecule has 0 aliphatic carbocycles. The lowest BCUT2D eigenvalue weighted by molar-refractivity contribution is -0.142. The molecule has 0 unspecified atom stereocenters. The Hall–Kier alpha value is -5.14. The first kappa shape index (κ1) is 41.5. The van der Waals surface area contributed by atoms with Crippen molar-refractivity contribution in [3.63, 3.8) is 0 Å². The molecule has 0 saturated heterocycles. The second-order valence-electron chi connectivity index (χ2n) is 12.9. The molecule has 2 heterocycles. The van der Waals surface area contributed by atoms with E-state index in [1.54, 1.807) is 36.4 Å². The predicted octanol–water partition coefficient (Wildman–Crippen LogP) is 3.29. The third kappa shape index (κ3) is 8.31. The molecule has 297 valence electrons. The van der Waals surface area contributed by atoms with Crippen molar-refractivity contribution in [2.24, 2.45) is 0 Å². The number of carboxylic acid groups (broad SMARTS) is 2. The van der Waals surface area contributed by atoms with Gasteiger partial charge < -0.3 is 50.3 Å². The van der Waals surface area contributed by atoms with Gasteiger partial charge in [-0.3, -0.25) is 19.2 Å². The zero-order valence-electron chi connectivity index (χ0n) is 29.7. The maximum Gasteiger partial charge on any atom is 0.323 e. The van der Waals surface area contributed by atoms with Crippen molar-refractivity contribution in [1.82, 2.24) is 10.6 Å². The molecule has 0 spiro atoms. The smallest absolute Gasteiger partial charge is 0.323 e. The molecule has 0 aromatic heterocycles. The average molecular weight is 843 g/mol. The van der Waals surface area contributed by atoms with Crippen molar-refractivity contribution in [3.8, 4) is 44.9 Å². The molecule has 6 N–H and O–H groups in total. The third-order valence-electron chi connectivity index (χ3n) is 9.42. The second-order valence-corrected chi connectivity index (χ2v) is 14.5. The van der Waals surface area contributed by atoms with Crippen LogP contribution >= 0.6 is 23.2 Å². The first-order chi connectivity index (χ1) is 27.2. The zero-order chi connectivity index (χ0) is 41.2. The molecule has 4 aromatic rings. The second kappa shape index (κ2) is 17.1. The number of carbonyl (C=O) groups excluding carboxylic acids is 2. The lowest BCUT2D eigenvalue weighted by Gasteiger charge is -2.31. The van der Waals surface area contributed by atoms with Crippen molar-refractivity contribution in [2.45, 2.75) is 11.2 Å². The maximum atomic E-state index is 16.0. The Morgan fingerprint density at radius 2 is 1.21 bits per heavy atom. The van der Waals surface area contributed by atoms with Crippen LogP contribution in [0.25, 0.3) is 33.4 Å². The minimum absolute atomic E-state index is 0.0155. The van der Waals surface area contributed by atoms with E-state index in [0.29, 0.717) is 11.1 Å². The lowest BCUT2D eigenvalue weighted by Crippen LogP contribution is -2.57. The summed E-state index contributed by atoms with van der Waals surface area (Å²) in [4.78, 5) is 50.7. The van der Waals surface area contributed by atoms with Crippen molar-refractivity contribution in [3.05, 3.63) is 82.3 Å². The number of aliphatic hydroxyl groups is 2. The van der Waals surface area contributed by atoms with Gasteiger partial charge in [0.25, 0.3) is 11.8 Å². The molecule has 6 rings (SSSR count). The standard InChI is InChI=1S/C38H33Cl2F2N4O10Si/c39-34-19(3-1-5-21(34)23-11-30-28(13-25(23)41)45(32(49)16-55-30)9-7-43-27(15-47)36(51)52)20-4-2-6-22(35(20)40)24-12-31-29(14-26(24)42)46(33(50)17-56-31)10-8-44-38(57,18-48)37(53)54/h1-6,11-14,27,43-44,47-48H,7-10,15-18H2,(H,51,52)(H,53,54)/t27-,38-/m0/s1. The molecule has 2 amide bonds. The van der Waals surface area contributed by atoms with Crippen LogP contribution in [0, 0.1) is 11.6 Å². The monoisotopic (exact) mass is 841 g/mol. The quantitative estimate of drug-likeness (QED) is 0.0958. The number of ether oxygens (including phenoxy) is 2. The maximum absolute atomic E-state index is 16.0. The molecule has 2 aliphatic heterocycles. The summed E-state index contributed by atoms with van der Waals surface area (Å²) in [6.07, 6.45) is 0.